The van der Waals surface area contributed by atoms with E-state index in [0.29, 0.717) is 17.5 Å². The van der Waals surface area contributed by atoms with Gasteiger partial charge in [-0.1, -0.05) is 24.3 Å². The zero-order chi connectivity index (χ0) is 15.7. The van der Waals surface area contributed by atoms with Crippen LogP contribution in [0.15, 0.2) is 36.5 Å². The smallest absolute Gasteiger partial charge is 0.307 e. The van der Waals surface area contributed by atoms with Gasteiger partial charge in [-0.05, 0) is 18.1 Å². The number of hydrogen-bond donors (Lipinski definition) is 1. The highest BCUT2D eigenvalue weighted by Crippen LogP contribution is 2.24. The van der Waals surface area contributed by atoms with Crippen molar-refractivity contribution in [1.82, 2.24) is 9.29 Å². The number of rotatable bonds is 4. The Bertz CT molecular complexity index is 814. The summed E-state index contributed by atoms with van der Waals surface area (Å²) >= 11 is 0. The average molecular weight is 320 g/mol. The SMILES string of the molecule is O=C(O)C1CCN(S(=O)(=O)Cc2cccc3cccnc23)C1. The molecule has 1 atom stereocenters. The second-order valence-electron chi connectivity index (χ2n) is 5.43. The molecule has 2 aromatic rings. The number of benzene rings is 1. The first-order valence-corrected chi connectivity index (χ1v) is 8.61. The van der Waals surface area contributed by atoms with Crippen molar-refractivity contribution in [3.63, 3.8) is 0 Å². The number of carboxylic acid groups (broad SMARTS) is 1. The Kier molecular flexibility index (Phi) is 3.84. The van der Waals surface area contributed by atoms with Crippen molar-refractivity contribution in [3.8, 4) is 0 Å². The van der Waals surface area contributed by atoms with E-state index < -0.39 is 21.9 Å². The molecule has 3 rings (SSSR count). The minimum absolute atomic E-state index is 0.0514. The number of carbonyl (C=O) groups is 1. The molecule has 7 heteroatoms. The number of pyridine rings is 1. The van der Waals surface area contributed by atoms with Crippen molar-refractivity contribution in [1.29, 1.82) is 0 Å². The second kappa shape index (κ2) is 5.66. The second-order valence-corrected chi connectivity index (χ2v) is 7.40. The van der Waals surface area contributed by atoms with Crippen LogP contribution in [0.4, 0.5) is 0 Å². The number of aromatic nitrogens is 1. The highest BCUT2D eigenvalue weighted by molar-refractivity contribution is 7.88. The van der Waals surface area contributed by atoms with E-state index >= 15 is 0 Å². The Labute approximate surface area is 128 Å². The Morgan fingerprint density at radius 1 is 1.32 bits per heavy atom. The van der Waals surface area contributed by atoms with Crippen LogP contribution in [0.1, 0.15) is 12.0 Å². The molecule has 6 nitrogen and oxygen atoms in total. The molecule has 1 saturated heterocycles. The molecule has 1 aliphatic heterocycles. The van der Waals surface area contributed by atoms with Crippen LogP contribution < -0.4 is 0 Å². The van der Waals surface area contributed by atoms with Crippen LogP contribution in [-0.2, 0) is 20.6 Å². The lowest BCUT2D eigenvalue weighted by Gasteiger charge is -2.16. The molecule has 1 aliphatic rings. The maximum atomic E-state index is 12.5. The fourth-order valence-corrected chi connectivity index (χ4v) is 4.35. The topological polar surface area (TPSA) is 87.6 Å². The minimum atomic E-state index is -3.54. The van der Waals surface area contributed by atoms with Gasteiger partial charge in [0.05, 0.1) is 17.2 Å². The molecule has 0 radical (unpaired) electrons. The van der Waals surface area contributed by atoms with Gasteiger partial charge in [0.1, 0.15) is 0 Å². The van der Waals surface area contributed by atoms with Gasteiger partial charge in [0.2, 0.25) is 10.0 Å². The fourth-order valence-electron chi connectivity index (χ4n) is 2.75. The fraction of sp³-hybridized carbons (Fsp3) is 0.333. The summed E-state index contributed by atoms with van der Waals surface area (Å²) in [5, 5.41) is 9.89. The molecule has 1 fully saturated rings. The third kappa shape index (κ3) is 2.82. The normalized spacial score (nSPS) is 19.5. The van der Waals surface area contributed by atoms with Crippen LogP contribution in [0.3, 0.4) is 0 Å². The lowest BCUT2D eigenvalue weighted by molar-refractivity contribution is -0.141. The molecule has 116 valence electrons. The van der Waals surface area contributed by atoms with E-state index in [4.69, 9.17) is 5.11 Å². The number of nitrogens with zero attached hydrogens (tertiary/aromatic N) is 2. The minimum Gasteiger partial charge on any atom is -0.481 e. The molecule has 0 bridgehead atoms. The standard InChI is InChI=1S/C15H16N2O4S/c18-15(19)12-6-8-17(9-12)22(20,21)10-13-4-1-3-11-5-2-7-16-14(11)13/h1-5,7,12H,6,8-10H2,(H,18,19). The average Bonchev–Trinajstić information content (AvgIpc) is 2.98. The van der Waals surface area contributed by atoms with Gasteiger partial charge in [-0.3, -0.25) is 9.78 Å². The molecular weight excluding hydrogens is 304 g/mol. The Hall–Kier alpha value is -1.99. The molecular formula is C15H16N2O4S. The predicted molar refractivity (Wildman–Crippen MR) is 81.7 cm³/mol. The predicted octanol–water partition coefficient (Wildman–Crippen LogP) is 1.47. The van der Waals surface area contributed by atoms with Crippen LogP contribution in [-0.4, -0.2) is 41.9 Å². The molecule has 1 unspecified atom stereocenters. The monoisotopic (exact) mass is 320 g/mol. The van der Waals surface area contributed by atoms with Crippen LogP contribution in [0.25, 0.3) is 10.9 Å². The van der Waals surface area contributed by atoms with Crippen molar-refractivity contribution in [2.45, 2.75) is 12.2 Å². The van der Waals surface area contributed by atoms with E-state index in [1.54, 1.807) is 24.4 Å². The van der Waals surface area contributed by atoms with Gasteiger partial charge in [-0.25, -0.2) is 12.7 Å². The van der Waals surface area contributed by atoms with Gasteiger partial charge >= 0.3 is 5.97 Å². The van der Waals surface area contributed by atoms with Gasteiger partial charge in [0.25, 0.3) is 0 Å². The summed E-state index contributed by atoms with van der Waals surface area (Å²) in [5.74, 6) is -1.71. The number of carboxylic acids is 1. The van der Waals surface area contributed by atoms with E-state index in [1.807, 2.05) is 12.1 Å². The maximum Gasteiger partial charge on any atom is 0.307 e. The van der Waals surface area contributed by atoms with E-state index in [0.717, 1.165) is 5.39 Å². The van der Waals surface area contributed by atoms with Crippen LogP contribution in [0.2, 0.25) is 0 Å². The van der Waals surface area contributed by atoms with Crippen molar-refractivity contribution in [2.75, 3.05) is 13.1 Å². The number of sulfonamides is 1. The van der Waals surface area contributed by atoms with Crippen molar-refractivity contribution >= 4 is 26.9 Å². The molecule has 1 aromatic heterocycles. The first kappa shape index (κ1) is 14.9. The highest BCUT2D eigenvalue weighted by atomic mass is 32.2. The van der Waals surface area contributed by atoms with Crippen LogP contribution in [0, 0.1) is 5.92 Å². The van der Waals surface area contributed by atoms with Crippen molar-refractivity contribution < 1.29 is 18.3 Å². The lowest BCUT2D eigenvalue weighted by Crippen LogP contribution is -2.31. The number of aliphatic carboxylic acids is 1. The molecule has 0 saturated carbocycles. The van der Waals surface area contributed by atoms with E-state index in [1.165, 1.54) is 4.31 Å². The molecule has 0 spiro atoms. The number of hydrogen-bond acceptors (Lipinski definition) is 4. The third-order valence-electron chi connectivity index (χ3n) is 3.95. The van der Waals surface area contributed by atoms with Crippen molar-refractivity contribution in [3.05, 3.63) is 42.1 Å². The largest absolute Gasteiger partial charge is 0.481 e. The molecule has 2 heterocycles. The summed E-state index contributed by atoms with van der Waals surface area (Å²) in [5.41, 5.74) is 1.31. The summed E-state index contributed by atoms with van der Waals surface area (Å²) < 4.78 is 26.3. The van der Waals surface area contributed by atoms with Crippen molar-refractivity contribution in [2.24, 2.45) is 5.92 Å². The summed E-state index contributed by atoms with van der Waals surface area (Å²) in [6, 6.07) is 9.12. The molecule has 0 aliphatic carbocycles. The van der Waals surface area contributed by atoms with Gasteiger partial charge in [0.15, 0.2) is 0 Å². The summed E-state index contributed by atoms with van der Waals surface area (Å²) in [6.07, 6.45) is 2.00. The maximum absolute atomic E-state index is 12.5. The highest BCUT2D eigenvalue weighted by Gasteiger charge is 2.35. The van der Waals surface area contributed by atoms with E-state index in [-0.39, 0.29) is 18.8 Å². The van der Waals surface area contributed by atoms with E-state index in [2.05, 4.69) is 4.98 Å². The molecule has 0 amide bonds. The van der Waals surface area contributed by atoms with Gasteiger partial charge in [-0.15, -0.1) is 0 Å². The summed E-state index contributed by atoms with van der Waals surface area (Å²) in [6.45, 7) is 0.313. The van der Waals surface area contributed by atoms with Crippen LogP contribution in [0.5, 0.6) is 0 Å². The summed E-state index contributed by atoms with van der Waals surface area (Å²) in [7, 11) is -3.54. The zero-order valence-corrected chi connectivity index (χ0v) is 12.7. The quantitative estimate of drug-likeness (QED) is 0.922. The molecule has 22 heavy (non-hydrogen) atoms. The number of fused-ring (bicyclic) bond motifs is 1. The van der Waals surface area contributed by atoms with Gasteiger partial charge < -0.3 is 5.11 Å². The number of para-hydroxylation sites is 1. The van der Waals surface area contributed by atoms with Gasteiger partial charge in [-0.2, -0.15) is 0 Å². The van der Waals surface area contributed by atoms with Gasteiger partial charge in [0, 0.05) is 24.7 Å². The first-order chi connectivity index (χ1) is 10.5. The Balaban J connectivity index is 1.87. The lowest BCUT2D eigenvalue weighted by atomic mass is 10.1. The first-order valence-electron chi connectivity index (χ1n) is 7.00. The molecule has 1 N–H and O–H groups in total. The summed E-state index contributed by atoms with van der Waals surface area (Å²) in [4.78, 5) is 15.2. The van der Waals surface area contributed by atoms with Crippen LogP contribution >= 0.6 is 0 Å². The third-order valence-corrected chi connectivity index (χ3v) is 5.74. The molecule has 1 aromatic carbocycles. The van der Waals surface area contributed by atoms with E-state index in [9.17, 15) is 13.2 Å². The Morgan fingerprint density at radius 3 is 2.82 bits per heavy atom. The zero-order valence-electron chi connectivity index (χ0n) is 11.8. The Morgan fingerprint density at radius 2 is 2.09 bits per heavy atom.